The lowest BCUT2D eigenvalue weighted by Gasteiger charge is -2.21. The molecule has 0 aliphatic carbocycles. The molecule has 0 unspecified atom stereocenters. The summed E-state index contributed by atoms with van der Waals surface area (Å²) in [5.74, 6) is -0.268. The Bertz CT molecular complexity index is 761. The maximum atomic E-state index is 12.6. The highest BCUT2D eigenvalue weighted by Crippen LogP contribution is 2.23. The number of rotatable bonds is 3. The van der Waals surface area contributed by atoms with E-state index in [0.717, 1.165) is 31.3 Å². The average molecular weight is 284 g/mol. The maximum Gasteiger partial charge on any atom is 0.256 e. The highest BCUT2D eigenvalue weighted by Gasteiger charge is 2.19. The number of nitrogens with one attached hydrogen (secondary N) is 1. The first-order chi connectivity index (χ1) is 10.1. The van der Waals surface area contributed by atoms with Crippen molar-refractivity contribution in [1.29, 1.82) is 0 Å². The minimum atomic E-state index is -0.268. The molecule has 0 fully saturated rings. The molecule has 1 amide bonds. The molecule has 2 heterocycles. The van der Waals surface area contributed by atoms with Crippen molar-refractivity contribution in [2.24, 2.45) is 0 Å². The zero-order valence-corrected chi connectivity index (χ0v) is 12.5. The molecule has 3 rings (SSSR count). The zero-order valence-electron chi connectivity index (χ0n) is 12.5. The summed E-state index contributed by atoms with van der Waals surface area (Å²) in [6, 6.07) is 5.87. The summed E-state index contributed by atoms with van der Waals surface area (Å²) in [5.41, 5.74) is 2.28. The molecule has 0 saturated heterocycles. The molecule has 1 atom stereocenters. The van der Waals surface area contributed by atoms with Crippen molar-refractivity contribution in [2.75, 3.05) is 0 Å². The van der Waals surface area contributed by atoms with Gasteiger partial charge in [0.05, 0.1) is 5.52 Å². The number of amides is 1. The number of carbonyl (C=O) groups excluding carboxylic acids is 1. The topological polar surface area (TPSA) is 51.1 Å². The van der Waals surface area contributed by atoms with Gasteiger partial charge in [-0.25, -0.2) is 0 Å². The van der Waals surface area contributed by atoms with Crippen LogP contribution >= 0.6 is 0 Å². The van der Waals surface area contributed by atoms with Gasteiger partial charge in [0.25, 0.3) is 5.91 Å². The fourth-order valence-corrected chi connectivity index (χ4v) is 2.92. The molecule has 0 radical (unpaired) electrons. The molecular weight excluding hydrogens is 264 g/mol. The summed E-state index contributed by atoms with van der Waals surface area (Å²) in [6.45, 7) is 4.81. The molecule has 4 heteroatoms. The van der Waals surface area contributed by atoms with Gasteiger partial charge in [0.1, 0.15) is 5.56 Å². The van der Waals surface area contributed by atoms with Crippen molar-refractivity contribution >= 4 is 16.8 Å². The second-order valence-electron chi connectivity index (χ2n) is 5.76. The summed E-state index contributed by atoms with van der Waals surface area (Å²) >= 11 is 0. The van der Waals surface area contributed by atoms with Crippen molar-refractivity contribution in [3.8, 4) is 0 Å². The number of aromatic nitrogens is 1. The van der Waals surface area contributed by atoms with Gasteiger partial charge in [-0.1, -0.05) is 19.1 Å². The van der Waals surface area contributed by atoms with Crippen LogP contribution in [0.15, 0.2) is 29.2 Å². The minimum Gasteiger partial charge on any atom is -0.349 e. The monoisotopic (exact) mass is 284 g/mol. The van der Waals surface area contributed by atoms with E-state index in [1.54, 1.807) is 6.20 Å². The third-order valence-corrected chi connectivity index (χ3v) is 4.26. The number of benzene rings is 1. The van der Waals surface area contributed by atoms with E-state index in [0.29, 0.717) is 5.39 Å². The molecule has 0 saturated carbocycles. The van der Waals surface area contributed by atoms with Gasteiger partial charge in [0, 0.05) is 24.2 Å². The number of nitrogens with zero attached hydrogens (tertiary/aromatic N) is 1. The second-order valence-corrected chi connectivity index (χ2v) is 5.76. The van der Waals surface area contributed by atoms with E-state index in [4.69, 9.17) is 0 Å². The van der Waals surface area contributed by atoms with E-state index >= 15 is 0 Å². The van der Waals surface area contributed by atoms with E-state index in [9.17, 15) is 9.59 Å². The Labute approximate surface area is 123 Å². The van der Waals surface area contributed by atoms with E-state index in [1.165, 1.54) is 5.56 Å². The molecule has 1 aromatic heterocycles. The lowest BCUT2D eigenvalue weighted by Crippen LogP contribution is -2.35. The Hall–Kier alpha value is -2.10. The van der Waals surface area contributed by atoms with Crippen LogP contribution in [0, 0.1) is 0 Å². The molecule has 1 aliphatic heterocycles. The summed E-state index contributed by atoms with van der Waals surface area (Å²) in [6.07, 6.45) is 4.61. The number of hydrogen-bond donors (Lipinski definition) is 1. The molecular formula is C17H20N2O2. The van der Waals surface area contributed by atoms with E-state index in [2.05, 4.69) is 16.0 Å². The Morgan fingerprint density at radius 1 is 1.43 bits per heavy atom. The van der Waals surface area contributed by atoms with Crippen LogP contribution in [0.4, 0.5) is 0 Å². The van der Waals surface area contributed by atoms with Gasteiger partial charge >= 0.3 is 0 Å². The lowest BCUT2D eigenvalue weighted by molar-refractivity contribution is 0.0937. The van der Waals surface area contributed by atoms with Crippen LogP contribution in [0.3, 0.4) is 0 Å². The lowest BCUT2D eigenvalue weighted by atomic mass is 9.99. The first-order valence-electron chi connectivity index (χ1n) is 7.57. The number of hydrogen-bond acceptors (Lipinski definition) is 2. The van der Waals surface area contributed by atoms with Gasteiger partial charge < -0.3 is 9.88 Å². The van der Waals surface area contributed by atoms with Crippen molar-refractivity contribution < 1.29 is 4.79 Å². The smallest absolute Gasteiger partial charge is 0.256 e. The molecule has 0 spiro atoms. The summed E-state index contributed by atoms with van der Waals surface area (Å²) in [4.78, 5) is 24.9. The van der Waals surface area contributed by atoms with E-state index in [-0.39, 0.29) is 22.9 Å². The number of para-hydroxylation sites is 1. The predicted octanol–water partition coefficient (Wildman–Crippen LogP) is 2.48. The number of pyridine rings is 1. The number of carbonyl (C=O) groups is 1. The Morgan fingerprint density at radius 2 is 2.24 bits per heavy atom. The Kier molecular flexibility index (Phi) is 3.53. The van der Waals surface area contributed by atoms with Crippen LogP contribution in [0.25, 0.3) is 10.9 Å². The van der Waals surface area contributed by atoms with Crippen molar-refractivity contribution in [1.82, 2.24) is 9.88 Å². The SMILES string of the molecule is CC[C@H](C)NC(=O)c1cn2c3c(cccc3c1=O)CCC2. The van der Waals surface area contributed by atoms with Crippen LogP contribution in [-0.2, 0) is 13.0 Å². The maximum absolute atomic E-state index is 12.6. The van der Waals surface area contributed by atoms with Gasteiger partial charge in [0.2, 0.25) is 5.43 Å². The number of aryl methyl sites for hydroxylation is 2. The largest absolute Gasteiger partial charge is 0.349 e. The quantitative estimate of drug-likeness (QED) is 0.941. The third-order valence-electron chi connectivity index (χ3n) is 4.26. The standard InChI is InChI=1S/C17H20N2O2/c1-3-11(2)18-17(21)14-10-19-9-5-7-12-6-4-8-13(15(12)19)16(14)20/h4,6,8,10-11H,3,5,7,9H2,1-2H3,(H,18,21)/t11-/m0/s1. The second kappa shape index (κ2) is 5.35. The predicted molar refractivity (Wildman–Crippen MR) is 83.7 cm³/mol. The molecule has 0 bridgehead atoms. The van der Waals surface area contributed by atoms with Gasteiger partial charge in [-0.2, -0.15) is 0 Å². The molecule has 1 N–H and O–H groups in total. The third kappa shape index (κ3) is 2.35. The van der Waals surface area contributed by atoms with Crippen LogP contribution in [-0.4, -0.2) is 16.5 Å². The Balaban J connectivity index is 2.16. The normalized spacial score (nSPS) is 15.0. The fraction of sp³-hybridized carbons (Fsp3) is 0.412. The first kappa shape index (κ1) is 13.9. The highest BCUT2D eigenvalue weighted by atomic mass is 16.2. The molecule has 21 heavy (non-hydrogen) atoms. The average Bonchev–Trinajstić information content (AvgIpc) is 2.50. The first-order valence-corrected chi connectivity index (χ1v) is 7.57. The molecule has 110 valence electrons. The van der Waals surface area contributed by atoms with Crippen LogP contribution in [0.1, 0.15) is 42.6 Å². The highest BCUT2D eigenvalue weighted by molar-refractivity contribution is 5.98. The van der Waals surface area contributed by atoms with Crippen molar-refractivity contribution in [3.63, 3.8) is 0 Å². The summed E-state index contributed by atoms with van der Waals surface area (Å²) in [5, 5.41) is 3.54. The minimum absolute atomic E-state index is 0.0697. The van der Waals surface area contributed by atoms with Crippen LogP contribution in [0.5, 0.6) is 0 Å². The molecule has 1 aliphatic rings. The zero-order chi connectivity index (χ0) is 15.0. The molecule has 1 aromatic carbocycles. The van der Waals surface area contributed by atoms with Gasteiger partial charge in [-0.05, 0) is 37.8 Å². The van der Waals surface area contributed by atoms with Crippen LogP contribution < -0.4 is 10.7 Å². The van der Waals surface area contributed by atoms with E-state index in [1.807, 2.05) is 26.0 Å². The van der Waals surface area contributed by atoms with Crippen molar-refractivity contribution in [2.45, 2.75) is 45.7 Å². The molecule has 4 nitrogen and oxygen atoms in total. The molecule has 2 aromatic rings. The van der Waals surface area contributed by atoms with Gasteiger partial charge in [0.15, 0.2) is 0 Å². The van der Waals surface area contributed by atoms with Gasteiger partial charge in [-0.15, -0.1) is 0 Å². The van der Waals surface area contributed by atoms with E-state index < -0.39 is 0 Å². The summed E-state index contributed by atoms with van der Waals surface area (Å²) < 4.78 is 2.06. The summed E-state index contributed by atoms with van der Waals surface area (Å²) in [7, 11) is 0. The van der Waals surface area contributed by atoms with Gasteiger partial charge in [-0.3, -0.25) is 9.59 Å². The Morgan fingerprint density at radius 3 is 3.00 bits per heavy atom. The fourth-order valence-electron chi connectivity index (χ4n) is 2.92. The van der Waals surface area contributed by atoms with Crippen LogP contribution in [0.2, 0.25) is 0 Å². The van der Waals surface area contributed by atoms with Crippen molar-refractivity contribution in [3.05, 3.63) is 45.7 Å².